The molecule has 2 aromatic rings. The molecule has 3 heteroatoms. The predicted molar refractivity (Wildman–Crippen MR) is 77.2 cm³/mol. The average molecular weight is 275 g/mol. The summed E-state index contributed by atoms with van der Waals surface area (Å²) >= 11 is 5.97. The van der Waals surface area contributed by atoms with Crippen LogP contribution in [0.4, 0.5) is 0 Å². The fourth-order valence-electron chi connectivity index (χ4n) is 2.68. The minimum atomic E-state index is -0.00220. The maximum Gasteiger partial charge on any atom is 0.156 e. The van der Waals surface area contributed by atoms with E-state index < -0.39 is 0 Å². The number of furan rings is 1. The Morgan fingerprint density at radius 1 is 1.21 bits per heavy atom. The Balaban J connectivity index is 2.07. The molecule has 2 nitrogen and oxygen atoms in total. The first-order valence-electron chi connectivity index (χ1n) is 6.36. The molecule has 0 spiro atoms. The number of benzene rings is 1. The molecule has 1 aromatic carbocycles. The van der Waals surface area contributed by atoms with Crippen LogP contribution in [-0.2, 0) is 4.79 Å². The van der Waals surface area contributed by atoms with Crippen molar-refractivity contribution < 1.29 is 9.21 Å². The zero-order valence-electron chi connectivity index (χ0n) is 11.0. The summed E-state index contributed by atoms with van der Waals surface area (Å²) in [6.07, 6.45) is 3.17. The first kappa shape index (κ1) is 12.5. The normalized spacial score (nSPS) is 18.7. The summed E-state index contributed by atoms with van der Waals surface area (Å²) in [6.45, 7) is 4.22. The molecule has 0 N–H and O–H groups in total. The molecule has 1 aliphatic carbocycles. The second kappa shape index (κ2) is 4.24. The highest BCUT2D eigenvalue weighted by atomic mass is 35.5. The van der Waals surface area contributed by atoms with E-state index in [0.29, 0.717) is 11.4 Å². The Kier molecular flexibility index (Phi) is 2.79. The molecule has 0 saturated heterocycles. The zero-order valence-corrected chi connectivity index (χ0v) is 11.8. The third-order valence-corrected chi connectivity index (χ3v) is 3.69. The van der Waals surface area contributed by atoms with Crippen LogP contribution in [0.2, 0.25) is 5.02 Å². The topological polar surface area (TPSA) is 30.2 Å². The maximum absolute atomic E-state index is 11.8. The molecule has 3 rings (SSSR count). The van der Waals surface area contributed by atoms with Crippen molar-refractivity contribution in [3.8, 4) is 0 Å². The molecular formula is C16H15ClO2. The molecule has 0 amide bonds. The smallest absolute Gasteiger partial charge is 0.156 e. The number of allylic oxidation sites excluding steroid dienone is 2. The summed E-state index contributed by atoms with van der Waals surface area (Å²) in [5.41, 5.74) is 1.78. The van der Waals surface area contributed by atoms with E-state index in [1.54, 1.807) is 6.08 Å². The van der Waals surface area contributed by atoms with Gasteiger partial charge in [-0.05, 0) is 47.8 Å². The van der Waals surface area contributed by atoms with E-state index >= 15 is 0 Å². The maximum atomic E-state index is 11.8. The van der Waals surface area contributed by atoms with E-state index in [4.69, 9.17) is 16.0 Å². The van der Waals surface area contributed by atoms with Crippen LogP contribution >= 0.6 is 11.6 Å². The van der Waals surface area contributed by atoms with E-state index in [2.05, 4.69) is 13.8 Å². The summed E-state index contributed by atoms with van der Waals surface area (Å²) in [5, 5.41) is 1.66. The lowest BCUT2D eigenvalue weighted by Gasteiger charge is -2.27. The van der Waals surface area contributed by atoms with Gasteiger partial charge in [-0.1, -0.05) is 25.4 Å². The quantitative estimate of drug-likeness (QED) is 0.743. The Labute approximate surface area is 117 Å². The Hall–Kier alpha value is -1.54. The minimum Gasteiger partial charge on any atom is -0.456 e. The summed E-state index contributed by atoms with van der Waals surface area (Å²) < 4.78 is 5.83. The van der Waals surface area contributed by atoms with Crippen LogP contribution in [0.3, 0.4) is 0 Å². The standard InChI is InChI=1S/C16H15ClO2/c1-16(2)8-11(6-13(18)9-16)15-7-10-5-12(17)3-4-14(10)19-15/h3-7H,8-9H2,1-2H3. The number of ketones is 1. The molecule has 19 heavy (non-hydrogen) atoms. The highest BCUT2D eigenvalue weighted by molar-refractivity contribution is 6.31. The number of hydrogen-bond acceptors (Lipinski definition) is 2. The molecule has 1 heterocycles. The monoisotopic (exact) mass is 274 g/mol. The lowest BCUT2D eigenvalue weighted by Crippen LogP contribution is -2.21. The third-order valence-electron chi connectivity index (χ3n) is 3.45. The number of halogens is 1. The first-order valence-corrected chi connectivity index (χ1v) is 6.74. The molecular weight excluding hydrogens is 260 g/mol. The molecule has 0 saturated carbocycles. The van der Waals surface area contributed by atoms with Crippen LogP contribution < -0.4 is 0 Å². The number of carbonyl (C=O) groups is 1. The Morgan fingerprint density at radius 2 is 2.00 bits per heavy atom. The van der Waals surface area contributed by atoms with Crippen molar-refractivity contribution >= 4 is 33.9 Å². The van der Waals surface area contributed by atoms with Gasteiger partial charge >= 0.3 is 0 Å². The van der Waals surface area contributed by atoms with Crippen molar-refractivity contribution in [3.63, 3.8) is 0 Å². The highest BCUT2D eigenvalue weighted by Crippen LogP contribution is 2.39. The SMILES string of the molecule is CC1(C)CC(=O)C=C(c2cc3cc(Cl)ccc3o2)C1. The lowest BCUT2D eigenvalue weighted by atomic mass is 9.76. The number of rotatable bonds is 1. The van der Waals surface area contributed by atoms with Gasteiger partial charge in [-0.2, -0.15) is 0 Å². The third kappa shape index (κ3) is 2.45. The summed E-state index contributed by atoms with van der Waals surface area (Å²) in [6, 6.07) is 7.50. The van der Waals surface area contributed by atoms with Crippen LogP contribution in [0.1, 0.15) is 32.4 Å². The van der Waals surface area contributed by atoms with E-state index in [1.807, 2.05) is 24.3 Å². The average Bonchev–Trinajstić information content (AvgIpc) is 2.69. The van der Waals surface area contributed by atoms with Gasteiger partial charge in [0.05, 0.1) is 0 Å². The van der Waals surface area contributed by atoms with E-state index in [-0.39, 0.29) is 11.2 Å². The van der Waals surface area contributed by atoms with Crippen molar-refractivity contribution in [2.75, 3.05) is 0 Å². The lowest BCUT2D eigenvalue weighted by molar-refractivity contribution is -0.116. The molecule has 1 aromatic heterocycles. The Bertz CT molecular complexity index is 692. The van der Waals surface area contributed by atoms with Gasteiger partial charge in [0.15, 0.2) is 5.78 Å². The van der Waals surface area contributed by atoms with Crippen LogP contribution in [-0.4, -0.2) is 5.78 Å². The molecule has 0 atom stereocenters. The molecule has 98 valence electrons. The molecule has 0 bridgehead atoms. The fourth-order valence-corrected chi connectivity index (χ4v) is 2.86. The first-order chi connectivity index (χ1) is 8.93. The Morgan fingerprint density at radius 3 is 2.74 bits per heavy atom. The molecule has 0 radical (unpaired) electrons. The van der Waals surface area contributed by atoms with Gasteiger partial charge < -0.3 is 4.42 Å². The van der Waals surface area contributed by atoms with Gasteiger partial charge in [-0.15, -0.1) is 0 Å². The van der Waals surface area contributed by atoms with Crippen molar-refractivity contribution in [2.45, 2.75) is 26.7 Å². The zero-order chi connectivity index (χ0) is 13.6. The van der Waals surface area contributed by atoms with Crippen LogP contribution in [0.25, 0.3) is 16.5 Å². The fraction of sp³-hybridized carbons (Fsp3) is 0.312. The van der Waals surface area contributed by atoms with Gasteiger partial charge in [-0.25, -0.2) is 0 Å². The largest absolute Gasteiger partial charge is 0.456 e. The molecule has 0 aliphatic heterocycles. The van der Waals surface area contributed by atoms with Gasteiger partial charge in [-0.3, -0.25) is 4.79 Å². The summed E-state index contributed by atoms with van der Waals surface area (Å²) in [7, 11) is 0. The van der Waals surface area contributed by atoms with E-state index in [9.17, 15) is 4.79 Å². The molecule has 1 aliphatic rings. The highest BCUT2D eigenvalue weighted by Gasteiger charge is 2.29. The van der Waals surface area contributed by atoms with E-state index in [0.717, 1.165) is 28.7 Å². The van der Waals surface area contributed by atoms with Crippen LogP contribution in [0.15, 0.2) is 34.8 Å². The van der Waals surface area contributed by atoms with Crippen molar-refractivity contribution in [2.24, 2.45) is 5.41 Å². The minimum absolute atomic E-state index is 0.00220. The summed E-state index contributed by atoms with van der Waals surface area (Å²) in [5.74, 6) is 0.947. The van der Waals surface area contributed by atoms with Crippen LogP contribution in [0, 0.1) is 5.41 Å². The van der Waals surface area contributed by atoms with Crippen molar-refractivity contribution in [1.82, 2.24) is 0 Å². The molecule has 0 fully saturated rings. The second-order valence-electron chi connectivity index (χ2n) is 5.95. The summed E-state index contributed by atoms with van der Waals surface area (Å²) in [4.78, 5) is 11.8. The van der Waals surface area contributed by atoms with Gasteiger partial charge in [0, 0.05) is 16.8 Å². The van der Waals surface area contributed by atoms with Crippen LogP contribution in [0.5, 0.6) is 0 Å². The second-order valence-corrected chi connectivity index (χ2v) is 6.38. The van der Waals surface area contributed by atoms with Gasteiger partial charge in [0.25, 0.3) is 0 Å². The van der Waals surface area contributed by atoms with Gasteiger partial charge in [0.2, 0.25) is 0 Å². The molecule has 0 unspecified atom stereocenters. The van der Waals surface area contributed by atoms with E-state index in [1.165, 1.54) is 0 Å². The number of carbonyl (C=O) groups excluding carboxylic acids is 1. The van der Waals surface area contributed by atoms with Crippen molar-refractivity contribution in [1.29, 1.82) is 0 Å². The van der Waals surface area contributed by atoms with Gasteiger partial charge in [0.1, 0.15) is 11.3 Å². The number of hydrogen-bond donors (Lipinski definition) is 0. The van der Waals surface area contributed by atoms with Crippen molar-refractivity contribution in [3.05, 3.63) is 41.1 Å². The number of fused-ring (bicyclic) bond motifs is 1. The predicted octanol–water partition coefficient (Wildman–Crippen LogP) is 4.86.